The molecule has 0 aromatic carbocycles. The van der Waals surface area contributed by atoms with Gasteiger partial charge >= 0.3 is 5.97 Å². The van der Waals surface area contributed by atoms with Crippen LogP contribution in [0, 0.1) is 5.92 Å². The molecule has 3 fully saturated rings. The molecule has 0 aromatic heterocycles. The van der Waals surface area contributed by atoms with Crippen LogP contribution < -0.4 is 0 Å². The average molecular weight is 463 g/mol. The monoisotopic (exact) mass is 462 g/mol. The summed E-state index contributed by atoms with van der Waals surface area (Å²) in [5, 5.41) is 10.2. The Morgan fingerprint density at radius 2 is 1.88 bits per heavy atom. The van der Waals surface area contributed by atoms with E-state index in [1.807, 2.05) is 6.08 Å². The second kappa shape index (κ2) is 14.0. The van der Waals surface area contributed by atoms with E-state index in [0.717, 1.165) is 63.4 Å². The van der Waals surface area contributed by atoms with E-state index in [0.29, 0.717) is 24.5 Å². The van der Waals surface area contributed by atoms with Crippen molar-refractivity contribution in [3.8, 4) is 0 Å². The molecule has 3 aliphatic heterocycles. The highest BCUT2D eigenvalue weighted by atomic mass is 16.7. The SMILES string of the molecule is C=C.CCC(C)/C=C(O)\C=C1/CC(=O)OC1CCCCCCC1CCCC2(CCC(C)O2)O1. The zero-order valence-corrected chi connectivity index (χ0v) is 21.2. The van der Waals surface area contributed by atoms with Crippen LogP contribution in [-0.2, 0) is 19.0 Å². The molecule has 1 N–H and O–H groups in total. The van der Waals surface area contributed by atoms with Gasteiger partial charge in [-0.25, -0.2) is 0 Å². The Labute approximate surface area is 201 Å². The molecule has 188 valence electrons. The van der Waals surface area contributed by atoms with Crippen molar-refractivity contribution in [1.82, 2.24) is 0 Å². The molecule has 5 unspecified atom stereocenters. The van der Waals surface area contributed by atoms with Gasteiger partial charge in [0.1, 0.15) is 11.9 Å². The number of carbonyl (C=O) groups excluding carboxylic acids is 1. The molecular weight excluding hydrogens is 416 g/mol. The first-order valence-electron chi connectivity index (χ1n) is 13.1. The van der Waals surface area contributed by atoms with Gasteiger partial charge in [-0.1, -0.05) is 33.1 Å². The molecule has 3 rings (SSSR count). The lowest BCUT2D eigenvalue weighted by Gasteiger charge is -2.38. The van der Waals surface area contributed by atoms with E-state index >= 15 is 0 Å². The molecule has 3 aliphatic rings. The minimum Gasteiger partial charge on any atom is -0.508 e. The zero-order valence-electron chi connectivity index (χ0n) is 21.2. The van der Waals surface area contributed by atoms with E-state index in [1.54, 1.807) is 6.08 Å². The normalized spacial score (nSPS) is 32.0. The second-order valence-corrected chi connectivity index (χ2v) is 9.85. The number of aliphatic hydroxyl groups is 1. The predicted octanol–water partition coefficient (Wildman–Crippen LogP) is 7.32. The third-order valence-electron chi connectivity index (χ3n) is 7.02. The Kier molecular flexibility index (Phi) is 11.7. The number of hydrogen-bond donors (Lipinski definition) is 1. The number of ether oxygens (including phenoxy) is 3. The van der Waals surface area contributed by atoms with Gasteiger partial charge in [-0.05, 0) is 75.5 Å². The van der Waals surface area contributed by atoms with Gasteiger partial charge < -0.3 is 19.3 Å². The molecule has 0 bridgehead atoms. The molecule has 0 saturated carbocycles. The molecule has 0 aromatic rings. The third kappa shape index (κ3) is 8.94. The van der Waals surface area contributed by atoms with Crippen LogP contribution in [0.5, 0.6) is 0 Å². The molecule has 5 heteroatoms. The van der Waals surface area contributed by atoms with Crippen molar-refractivity contribution in [3.05, 3.63) is 36.6 Å². The summed E-state index contributed by atoms with van der Waals surface area (Å²) in [4.78, 5) is 11.8. The maximum atomic E-state index is 11.8. The van der Waals surface area contributed by atoms with Gasteiger partial charge in [-0.2, -0.15) is 0 Å². The van der Waals surface area contributed by atoms with Gasteiger partial charge in [-0.15, -0.1) is 13.2 Å². The lowest BCUT2D eigenvalue weighted by Crippen LogP contribution is -2.40. The van der Waals surface area contributed by atoms with Gasteiger partial charge in [0.25, 0.3) is 0 Å². The first-order valence-corrected chi connectivity index (χ1v) is 13.1. The van der Waals surface area contributed by atoms with Crippen molar-refractivity contribution in [3.63, 3.8) is 0 Å². The Morgan fingerprint density at radius 3 is 2.55 bits per heavy atom. The Balaban J connectivity index is 0.00000187. The van der Waals surface area contributed by atoms with Crippen molar-refractivity contribution >= 4 is 5.97 Å². The summed E-state index contributed by atoms with van der Waals surface area (Å²) in [5.74, 6) is 0.102. The topological polar surface area (TPSA) is 65.0 Å². The lowest BCUT2D eigenvalue weighted by molar-refractivity contribution is -0.269. The first-order chi connectivity index (χ1) is 15.9. The van der Waals surface area contributed by atoms with Crippen LogP contribution >= 0.6 is 0 Å². The summed E-state index contributed by atoms with van der Waals surface area (Å²) in [6.45, 7) is 12.3. The Morgan fingerprint density at radius 1 is 1.15 bits per heavy atom. The molecule has 1 spiro atoms. The number of rotatable bonds is 10. The number of aliphatic hydroxyl groups excluding tert-OH is 1. The van der Waals surface area contributed by atoms with Crippen LogP contribution in [0.25, 0.3) is 0 Å². The number of cyclic esters (lactones) is 1. The van der Waals surface area contributed by atoms with E-state index in [4.69, 9.17) is 14.2 Å². The average Bonchev–Trinajstić information content (AvgIpc) is 3.32. The van der Waals surface area contributed by atoms with Crippen LogP contribution in [0.15, 0.2) is 36.6 Å². The summed E-state index contributed by atoms with van der Waals surface area (Å²) >= 11 is 0. The van der Waals surface area contributed by atoms with Crippen molar-refractivity contribution in [2.24, 2.45) is 5.92 Å². The Hall–Kier alpha value is -1.59. The zero-order chi connectivity index (χ0) is 24.3. The van der Waals surface area contributed by atoms with Crippen molar-refractivity contribution in [1.29, 1.82) is 0 Å². The van der Waals surface area contributed by atoms with Crippen LogP contribution in [0.4, 0.5) is 0 Å². The summed E-state index contributed by atoms with van der Waals surface area (Å²) in [5.41, 5.74) is 0.911. The highest BCUT2D eigenvalue weighted by molar-refractivity contribution is 5.76. The van der Waals surface area contributed by atoms with Crippen LogP contribution in [-0.4, -0.2) is 35.2 Å². The molecule has 0 radical (unpaired) electrons. The van der Waals surface area contributed by atoms with E-state index in [9.17, 15) is 9.90 Å². The summed E-state index contributed by atoms with van der Waals surface area (Å²) < 4.78 is 18.0. The standard InChI is InChI=1S/C26H42O5.C2H4/c1-4-19(2)16-22(27)17-21-18-25(28)29-24(21)12-8-6-5-7-10-23-11-9-14-26(31-23)15-13-20(3)30-26;1-2/h16-17,19-20,23-24,27H,4-15,18H2,1-3H3;1-2H2/b21-17+,22-16+;. The van der Waals surface area contributed by atoms with Gasteiger partial charge in [0.15, 0.2) is 5.79 Å². The molecule has 33 heavy (non-hydrogen) atoms. The molecule has 5 atom stereocenters. The van der Waals surface area contributed by atoms with E-state index < -0.39 is 0 Å². The van der Waals surface area contributed by atoms with Gasteiger partial charge in [0.2, 0.25) is 0 Å². The Bertz CT molecular complexity index is 665. The van der Waals surface area contributed by atoms with E-state index in [1.165, 1.54) is 19.3 Å². The molecular formula is C28H46O5. The maximum absolute atomic E-state index is 11.8. The summed E-state index contributed by atoms with van der Waals surface area (Å²) in [6.07, 6.45) is 17.4. The van der Waals surface area contributed by atoms with Gasteiger partial charge in [-0.3, -0.25) is 4.79 Å². The van der Waals surface area contributed by atoms with Gasteiger partial charge in [0, 0.05) is 12.8 Å². The largest absolute Gasteiger partial charge is 0.508 e. The van der Waals surface area contributed by atoms with Crippen molar-refractivity contribution in [2.75, 3.05) is 0 Å². The maximum Gasteiger partial charge on any atom is 0.310 e. The first kappa shape index (κ1) is 27.7. The molecule has 5 nitrogen and oxygen atoms in total. The van der Waals surface area contributed by atoms with Crippen LogP contribution in [0.2, 0.25) is 0 Å². The van der Waals surface area contributed by atoms with Crippen molar-refractivity contribution < 1.29 is 24.1 Å². The molecule has 3 saturated heterocycles. The fourth-order valence-electron chi connectivity index (χ4n) is 5.05. The number of allylic oxidation sites excluding steroid dienone is 2. The highest BCUT2D eigenvalue weighted by Gasteiger charge is 2.43. The highest BCUT2D eigenvalue weighted by Crippen LogP contribution is 2.41. The molecule has 0 aliphatic carbocycles. The molecule has 0 amide bonds. The van der Waals surface area contributed by atoms with Gasteiger partial charge in [0.05, 0.1) is 18.6 Å². The van der Waals surface area contributed by atoms with E-state index in [-0.39, 0.29) is 23.6 Å². The fourth-order valence-corrected chi connectivity index (χ4v) is 5.05. The van der Waals surface area contributed by atoms with E-state index in [2.05, 4.69) is 33.9 Å². The third-order valence-corrected chi connectivity index (χ3v) is 7.02. The molecule has 3 heterocycles. The summed E-state index contributed by atoms with van der Waals surface area (Å²) in [7, 11) is 0. The number of hydrogen-bond acceptors (Lipinski definition) is 5. The minimum atomic E-state index is -0.285. The predicted molar refractivity (Wildman–Crippen MR) is 133 cm³/mol. The minimum absolute atomic E-state index is 0.178. The second-order valence-electron chi connectivity index (χ2n) is 9.85. The quantitative estimate of drug-likeness (QED) is 0.159. The van der Waals surface area contributed by atoms with Crippen molar-refractivity contribution in [2.45, 2.75) is 128 Å². The lowest BCUT2D eigenvalue weighted by atomic mass is 9.95. The summed E-state index contributed by atoms with van der Waals surface area (Å²) in [6, 6.07) is 0. The van der Waals surface area contributed by atoms with Crippen LogP contribution in [0.3, 0.4) is 0 Å². The smallest absolute Gasteiger partial charge is 0.310 e. The number of carbonyl (C=O) groups is 1. The number of unbranched alkanes of at least 4 members (excludes halogenated alkanes) is 3. The number of esters is 1. The fraction of sp³-hybridized carbons (Fsp3) is 0.750. The van der Waals surface area contributed by atoms with Crippen LogP contribution in [0.1, 0.15) is 104 Å².